The Labute approximate surface area is 154 Å². The molecule has 0 spiro atoms. The average Bonchev–Trinajstić information content (AvgIpc) is 2.65. The van der Waals surface area contributed by atoms with Gasteiger partial charge in [-0.3, -0.25) is 14.6 Å². The number of carbonyl (C=O) groups excluding carboxylic acids is 1. The maximum absolute atomic E-state index is 13.3. The number of benzene rings is 1. The normalized spacial score (nSPS) is 21.5. The van der Waals surface area contributed by atoms with Crippen LogP contribution < -0.4 is 5.32 Å². The zero-order valence-corrected chi connectivity index (χ0v) is 15.5. The average molecular weight is 364 g/mol. The van der Waals surface area contributed by atoms with Gasteiger partial charge in [0, 0.05) is 45.8 Å². The second-order valence-electron chi connectivity index (χ2n) is 7.10. The summed E-state index contributed by atoms with van der Waals surface area (Å²) < 4.78 is 18.6. The quantitative estimate of drug-likeness (QED) is 0.800. The van der Waals surface area contributed by atoms with E-state index < -0.39 is 0 Å². The summed E-state index contributed by atoms with van der Waals surface area (Å²) in [5.74, 6) is -0.199. The molecule has 0 aromatic heterocycles. The number of amides is 1. The van der Waals surface area contributed by atoms with Crippen LogP contribution in [0.4, 0.5) is 4.39 Å². The third-order valence-corrected chi connectivity index (χ3v) is 5.20. The van der Waals surface area contributed by atoms with Crippen molar-refractivity contribution >= 4 is 5.91 Å². The lowest BCUT2D eigenvalue weighted by Crippen LogP contribution is -2.49. The molecule has 0 bridgehead atoms. The van der Waals surface area contributed by atoms with Crippen molar-refractivity contribution < 1.29 is 13.9 Å². The van der Waals surface area contributed by atoms with Gasteiger partial charge in [0.05, 0.1) is 25.8 Å². The predicted molar refractivity (Wildman–Crippen MR) is 98.5 cm³/mol. The summed E-state index contributed by atoms with van der Waals surface area (Å²) in [6.45, 7) is 7.80. The van der Waals surface area contributed by atoms with E-state index in [4.69, 9.17) is 4.74 Å². The Morgan fingerprint density at radius 1 is 1.12 bits per heavy atom. The minimum absolute atomic E-state index is 0.0353. The number of hydrogen-bond donors (Lipinski definition) is 1. The number of hydrogen-bond acceptors (Lipinski definition) is 5. The molecule has 1 aromatic rings. The first-order chi connectivity index (χ1) is 12.6. The zero-order chi connectivity index (χ0) is 18.4. The zero-order valence-electron chi connectivity index (χ0n) is 15.5. The first-order valence-electron chi connectivity index (χ1n) is 9.36. The lowest BCUT2D eigenvalue weighted by atomic mass is 10.0. The number of nitrogens with zero attached hydrogens (tertiary/aromatic N) is 3. The van der Waals surface area contributed by atoms with Crippen molar-refractivity contribution in [1.29, 1.82) is 0 Å². The molecule has 6 nitrogen and oxygen atoms in total. The Balaban J connectivity index is 1.59. The number of carbonyl (C=O) groups is 1. The summed E-state index contributed by atoms with van der Waals surface area (Å²) in [7, 11) is 2.12. The summed E-state index contributed by atoms with van der Waals surface area (Å²) in [6, 6.07) is 6.71. The van der Waals surface area contributed by atoms with Crippen LogP contribution in [0.3, 0.4) is 0 Å². The Morgan fingerprint density at radius 3 is 2.42 bits per heavy atom. The Hall–Kier alpha value is -1.54. The number of rotatable bonds is 6. The molecule has 1 atom stereocenters. The van der Waals surface area contributed by atoms with Crippen LogP contribution in [0.5, 0.6) is 0 Å². The molecule has 1 unspecified atom stereocenters. The van der Waals surface area contributed by atoms with Crippen LogP contribution in [0.25, 0.3) is 0 Å². The Morgan fingerprint density at radius 2 is 1.77 bits per heavy atom. The minimum atomic E-state index is -0.234. The minimum Gasteiger partial charge on any atom is -0.379 e. The summed E-state index contributed by atoms with van der Waals surface area (Å²) in [5, 5.41) is 3.08. The van der Waals surface area contributed by atoms with Gasteiger partial charge in [-0.1, -0.05) is 12.1 Å². The van der Waals surface area contributed by atoms with Gasteiger partial charge in [0.25, 0.3) is 0 Å². The predicted octanol–water partition coefficient (Wildman–Crippen LogP) is 0.563. The van der Waals surface area contributed by atoms with Crippen LogP contribution in [0.15, 0.2) is 24.3 Å². The lowest BCUT2D eigenvalue weighted by molar-refractivity contribution is -0.123. The van der Waals surface area contributed by atoms with E-state index in [2.05, 4.69) is 27.1 Å². The molecule has 7 heteroatoms. The molecule has 2 saturated heterocycles. The lowest BCUT2D eigenvalue weighted by Gasteiger charge is -2.38. The molecule has 0 saturated carbocycles. The van der Waals surface area contributed by atoms with Crippen LogP contribution in [0.2, 0.25) is 0 Å². The van der Waals surface area contributed by atoms with Gasteiger partial charge >= 0.3 is 0 Å². The van der Waals surface area contributed by atoms with E-state index in [0.717, 1.165) is 44.8 Å². The van der Waals surface area contributed by atoms with Crippen molar-refractivity contribution in [2.45, 2.75) is 6.04 Å². The number of likely N-dealkylation sites (N-methyl/N-ethyl adjacent to an activating group) is 1. The van der Waals surface area contributed by atoms with Crippen LogP contribution in [0, 0.1) is 5.82 Å². The van der Waals surface area contributed by atoms with Gasteiger partial charge in [0.2, 0.25) is 5.91 Å². The molecule has 26 heavy (non-hydrogen) atoms. The highest BCUT2D eigenvalue weighted by Gasteiger charge is 2.25. The van der Waals surface area contributed by atoms with Gasteiger partial charge < -0.3 is 15.0 Å². The van der Waals surface area contributed by atoms with E-state index in [1.807, 2.05) is 12.1 Å². The monoisotopic (exact) mass is 364 g/mol. The first kappa shape index (κ1) is 19.2. The second kappa shape index (κ2) is 9.41. The molecule has 2 aliphatic heterocycles. The van der Waals surface area contributed by atoms with Gasteiger partial charge in [0.1, 0.15) is 5.82 Å². The molecule has 2 aliphatic rings. The van der Waals surface area contributed by atoms with Crippen LogP contribution >= 0.6 is 0 Å². The molecule has 1 N–H and O–H groups in total. The van der Waals surface area contributed by atoms with Crippen LogP contribution in [0.1, 0.15) is 11.6 Å². The highest BCUT2D eigenvalue weighted by molar-refractivity contribution is 5.78. The fourth-order valence-corrected chi connectivity index (χ4v) is 3.51. The highest BCUT2D eigenvalue weighted by Crippen LogP contribution is 2.22. The number of piperazine rings is 1. The summed E-state index contributed by atoms with van der Waals surface area (Å²) in [4.78, 5) is 19.1. The number of ether oxygens (including phenoxy) is 1. The van der Waals surface area contributed by atoms with Crippen molar-refractivity contribution in [1.82, 2.24) is 20.0 Å². The maximum atomic E-state index is 13.3. The fourth-order valence-electron chi connectivity index (χ4n) is 3.51. The molecule has 3 rings (SSSR count). The summed E-state index contributed by atoms with van der Waals surface area (Å²) in [6.07, 6.45) is 0. The molecule has 0 aliphatic carbocycles. The van der Waals surface area contributed by atoms with E-state index in [1.54, 1.807) is 0 Å². The third kappa shape index (κ3) is 5.48. The summed E-state index contributed by atoms with van der Waals surface area (Å²) >= 11 is 0. The number of morpholine rings is 1. The molecule has 1 aromatic carbocycles. The Bertz CT molecular complexity index is 569. The van der Waals surface area contributed by atoms with Gasteiger partial charge in [-0.15, -0.1) is 0 Å². The van der Waals surface area contributed by atoms with E-state index in [-0.39, 0.29) is 17.8 Å². The molecule has 1 amide bonds. The van der Waals surface area contributed by atoms with Crippen molar-refractivity contribution in [3.05, 3.63) is 35.6 Å². The van der Waals surface area contributed by atoms with Crippen molar-refractivity contribution in [2.24, 2.45) is 0 Å². The first-order valence-corrected chi connectivity index (χ1v) is 9.36. The van der Waals surface area contributed by atoms with Crippen LogP contribution in [-0.2, 0) is 9.53 Å². The topological polar surface area (TPSA) is 48.0 Å². The van der Waals surface area contributed by atoms with E-state index in [9.17, 15) is 9.18 Å². The van der Waals surface area contributed by atoms with Gasteiger partial charge in [0.15, 0.2) is 0 Å². The Kier molecular flexibility index (Phi) is 6.96. The largest absolute Gasteiger partial charge is 0.379 e. The SMILES string of the molecule is CN1CCN(C(CNC(=O)CN2CCOCC2)c2ccc(F)cc2)CC1. The maximum Gasteiger partial charge on any atom is 0.234 e. The van der Waals surface area contributed by atoms with E-state index in [1.165, 1.54) is 12.1 Å². The third-order valence-electron chi connectivity index (χ3n) is 5.20. The van der Waals surface area contributed by atoms with Crippen molar-refractivity contribution in [2.75, 3.05) is 72.6 Å². The summed E-state index contributed by atoms with van der Waals surface area (Å²) in [5.41, 5.74) is 1.04. The number of nitrogens with one attached hydrogen (secondary N) is 1. The van der Waals surface area contributed by atoms with Gasteiger partial charge in [-0.2, -0.15) is 0 Å². The second-order valence-corrected chi connectivity index (χ2v) is 7.10. The standard InChI is InChI=1S/C19H29FN4O2/c1-22-6-8-24(9-7-22)18(16-2-4-17(20)5-3-16)14-21-19(25)15-23-10-12-26-13-11-23/h2-5,18H,6-15H2,1H3,(H,21,25). The van der Waals surface area contributed by atoms with Crippen molar-refractivity contribution in [3.63, 3.8) is 0 Å². The molecule has 2 heterocycles. The molecular weight excluding hydrogens is 335 g/mol. The number of halogens is 1. The fraction of sp³-hybridized carbons (Fsp3) is 0.632. The van der Waals surface area contributed by atoms with Gasteiger partial charge in [-0.25, -0.2) is 4.39 Å². The van der Waals surface area contributed by atoms with Gasteiger partial charge in [-0.05, 0) is 24.7 Å². The van der Waals surface area contributed by atoms with Crippen LogP contribution in [-0.4, -0.2) is 93.2 Å². The van der Waals surface area contributed by atoms with E-state index >= 15 is 0 Å². The molecule has 2 fully saturated rings. The van der Waals surface area contributed by atoms with E-state index in [0.29, 0.717) is 26.3 Å². The highest BCUT2D eigenvalue weighted by atomic mass is 19.1. The smallest absolute Gasteiger partial charge is 0.234 e. The molecule has 0 radical (unpaired) electrons. The molecule has 144 valence electrons. The molecular formula is C19H29FN4O2. The van der Waals surface area contributed by atoms with Crippen molar-refractivity contribution in [3.8, 4) is 0 Å².